The van der Waals surface area contributed by atoms with Gasteiger partial charge in [-0.2, -0.15) is 5.26 Å². The van der Waals surface area contributed by atoms with Crippen LogP contribution in [0.5, 0.6) is 0 Å². The van der Waals surface area contributed by atoms with Crippen LogP contribution in [-0.2, 0) is 22.4 Å². The monoisotopic (exact) mass is 448 g/mol. The zero-order chi connectivity index (χ0) is 22.9. The van der Waals surface area contributed by atoms with Crippen molar-refractivity contribution in [2.75, 3.05) is 17.2 Å². The molecule has 1 fully saturated rings. The minimum atomic E-state index is -0.860. The maximum Gasteiger partial charge on any atom is 0.243 e. The van der Waals surface area contributed by atoms with Gasteiger partial charge in [0.15, 0.2) is 0 Å². The molecule has 1 aliphatic carbocycles. The van der Waals surface area contributed by atoms with E-state index in [1.807, 2.05) is 0 Å². The smallest absolute Gasteiger partial charge is 0.243 e. The molecule has 0 spiro atoms. The van der Waals surface area contributed by atoms with Crippen LogP contribution in [0.1, 0.15) is 42.0 Å². The zero-order valence-corrected chi connectivity index (χ0v) is 18.0. The highest BCUT2D eigenvalue weighted by molar-refractivity contribution is 5.92. The summed E-state index contributed by atoms with van der Waals surface area (Å²) in [5.41, 5.74) is 3.61. The molecule has 1 aromatic carbocycles. The second-order valence-electron chi connectivity index (χ2n) is 8.92. The van der Waals surface area contributed by atoms with Gasteiger partial charge in [-0.1, -0.05) is 25.0 Å². The summed E-state index contributed by atoms with van der Waals surface area (Å²) < 4.78 is 14.0. The number of hydrogen-bond donors (Lipinski definition) is 4. The summed E-state index contributed by atoms with van der Waals surface area (Å²) in [4.78, 5) is 30.3. The van der Waals surface area contributed by atoms with Crippen LogP contribution in [0.3, 0.4) is 0 Å². The molecule has 4 N–H and O–H groups in total. The molecule has 3 heterocycles. The molecule has 3 unspecified atom stereocenters. The molecule has 1 aromatic heterocycles. The van der Waals surface area contributed by atoms with Crippen molar-refractivity contribution in [3.05, 3.63) is 53.1 Å². The van der Waals surface area contributed by atoms with E-state index in [1.165, 1.54) is 6.07 Å². The van der Waals surface area contributed by atoms with Crippen LogP contribution < -0.4 is 21.3 Å². The van der Waals surface area contributed by atoms with Crippen LogP contribution in [0.15, 0.2) is 30.6 Å². The number of nitrogens with one attached hydrogen (secondary N) is 4. The third-order valence-corrected chi connectivity index (χ3v) is 6.57. The number of para-hydroxylation sites is 1. The number of rotatable bonds is 7. The second kappa shape index (κ2) is 8.70. The number of halogens is 1. The van der Waals surface area contributed by atoms with Crippen molar-refractivity contribution in [3.63, 3.8) is 0 Å². The molecule has 2 aliphatic heterocycles. The standard InChI is InChI=1S/C24H25FN6O2/c25-17-3-1-2-14-9-19(29-22(14)17)24(33)30-18(8-13-4-5-13)23(32)31-20(10-26)16-11-27-12-21-15(16)6-7-28-21/h1-3,11-13,18-20,28-29H,4-9H2,(H,30,33)(H,31,32). The van der Waals surface area contributed by atoms with Crippen LogP contribution in [0.2, 0.25) is 0 Å². The Morgan fingerprint density at radius 3 is 2.88 bits per heavy atom. The average molecular weight is 449 g/mol. The first-order chi connectivity index (χ1) is 16.0. The lowest BCUT2D eigenvalue weighted by atomic mass is 10.0. The molecule has 8 nitrogen and oxygen atoms in total. The molecule has 9 heteroatoms. The lowest BCUT2D eigenvalue weighted by Gasteiger charge is -2.23. The van der Waals surface area contributed by atoms with Crippen molar-refractivity contribution in [1.82, 2.24) is 15.6 Å². The van der Waals surface area contributed by atoms with Crippen LogP contribution in [0.25, 0.3) is 0 Å². The van der Waals surface area contributed by atoms with Crippen LogP contribution in [-0.4, -0.2) is 35.4 Å². The molecule has 33 heavy (non-hydrogen) atoms. The lowest BCUT2D eigenvalue weighted by molar-refractivity contribution is -0.129. The summed E-state index contributed by atoms with van der Waals surface area (Å²) in [6, 6.07) is 4.64. The zero-order valence-electron chi connectivity index (χ0n) is 18.0. The summed E-state index contributed by atoms with van der Waals surface area (Å²) in [6.07, 6.45) is 6.98. The van der Waals surface area contributed by atoms with E-state index in [4.69, 9.17) is 0 Å². The molecular formula is C24H25FN6O2. The summed E-state index contributed by atoms with van der Waals surface area (Å²) >= 11 is 0. The summed E-state index contributed by atoms with van der Waals surface area (Å²) in [5, 5.41) is 21.6. The molecule has 3 atom stereocenters. The minimum absolute atomic E-state index is 0.337. The Hall–Kier alpha value is -3.67. The van der Waals surface area contributed by atoms with Gasteiger partial charge in [-0.25, -0.2) is 4.39 Å². The molecular weight excluding hydrogens is 423 g/mol. The number of aromatic nitrogens is 1. The maximum absolute atomic E-state index is 14.0. The average Bonchev–Trinajstić information content (AvgIpc) is 3.31. The van der Waals surface area contributed by atoms with Gasteiger partial charge >= 0.3 is 0 Å². The van der Waals surface area contributed by atoms with Gasteiger partial charge in [0.05, 0.1) is 23.6 Å². The van der Waals surface area contributed by atoms with Crippen LogP contribution >= 0.6 is 0 Å². The van der Waals surface area contributed by atoms with E-state index >= 15 is 0 Å². The fourth-order valence-corrected chi connectivity index (χ4v) is 4.62. The van der Waals surface area contributed by atoms with Crippen molar-refractivity contribution in [1.29, 1.82) is 5.26 Å². The van der Waals surface area contributed by atoms with E-state index in [0.717, 1.165) is 42.6 Å². The van der Waals surface area contributed by atoms with E-state index in [-0.39, 0.29) is 5.91 Å². The first-order valence-electron chi connectivity index (χ1n) is 11.3. The highest BCUT2D eigenvalue weighted by Gasteiger charge is 2.35. The van der Waals surface area contributed by atoms with E-state index in [9.17, 15) is 19.2 Å². The molecule has 3 aliphatic rings. The van der Waals surface area contributed by atoms with Gasteiger partial charge < -0.3 is 21.3 Å². The first-order valence-corrected chi connectivity index (χ1v) is 11.3. The Labute approximate surface area is 191 Å². The minimum Gasteiger partial charge on any atom is -0.383 e. The SMILES string of the molecule is N#CC(NC(=O)C(CC1CC1)NC(=O)C1Cc2cccc(F)c2N1)c1cncc2c1CCN2. The number of fused-ring (bicyclic) bond motifs is 2. The topological polar surface area (TPSA) is 119 Å². The first kappa shape index (κ1) is 21.2. The highest BCUT2D eigenvalue weighted by Crippen LogP contribution is 2.34. The van der Waals surface area contributed by atoms with Gasteiger partial charge in [0.2, 0.25) is 11.8 Å². The number of carbonyl (C=O) groups is 2. The molecule has 0 bridgehead atoms. The van der Waals surface area contributed by atoms with Gasteiger partial charge in [-0.05, 0) is 36.0 Å². The number of pyridine rings is 1. The van der Waals surface area contributed by atoms with E-state index in [2.05, 4.69) is 32.3 Å². The number of nitrogens with zero attached hydrogens (tertiary/aromatic N) is 2. The largest absolute Gasteiger partial charge is 0.383 e. The molecule has 0 radical (unpaired) electrons. The third kappa shape index (κ3) is 4.33. The number of anilines is 2. The molecule has 170 valence electrons. The van der Waals surface area contributed by atoms with Gasteiger partial charge in [-0.15, -0.1) is 0 Å². The maximum atomic E-state index is 14.0. The van der Waals surface area contributed by atoms with Gasteiger partial charge in [0.1, 0.15) is 23.9 Å². The van der Waals surface area contributed by atoms with E-state index in [1.54, 1.807) is 24.5 Å². The molecule has 0 saturated heterocycles. The molecule has 2 amide bonds. The fourth-order valence-electron chi connectivity index (χ4n) is 4.62. The number of nitriles is 1. The van der Waals surface area contributed by atoms with Crippen molar-refractivity contribution >= 4 is 23.2 Å². The van der Waals surface area contributed by atoms with E-state index in [0.29, 0.717) is 30.0 Å². The molecule has 2 aromatic rings. The Morgan fingerprint density at radius 1 is 1.27 bits per heavy atom. The van der Waals surface area contributed by atoms with Crippen LogP contribution in [0, 0.1) is 23.1 Å². The van der Waals surface area contributed by atoms with Gasteiger partial charge in [-0.3, -0.25) is 14.6 Å². The predicted octanol–water partition coefficient (Wildman–Crippen LogP) is 2.19. The summed E-state index contributed by atoms with van der Waals surface area (Å²) in [6.45, 7) is 0.762. The van der Waals surface area contributed by atoms with Crippen molar-refractivity contribution in [2.24, 2.45) is 5.92 Å². The van der Waals surface area contributed by atoms with Crippen LogP contribution in [0.4, 0.5) is 15.8 Å². The lowest BCUT2D eigenvalue weighted by Crippen LogP contribution is -2.51. The Balaban J connectivity index is 1.28. The van der Waals surface area contributed by atoms with Gasteiger partial charge in [0.25, 0.3) is 0 Å². The number of hydrogen-bond acceptors (Lipinski definition) is 6. The second-order valence-corrected chi connectivity index (χ2v) is 8.92. The third-order valence-electron chi connectivity index (χ3n) is 6.57. The summed E-state index contributed by atoms with van der Waals surface area (Å²) in [5.74, 6) is -0.775. The van der Waals surface area contributed by atoms with Crippen molar-refractivity contribution < 1.29 is 14.0 Å². The predicted molar refractivity (Wildman–Crippen MR) is 120 cm³/mol. The van der Waals surface area contributed by atoms with Gasteiger partial charge in [0, 0.05) is 24.7 Å². The fraction of sp³-hybridized carbons (Fsp3) is 0.417. The number of amides is 2. The highest BCUT2D eigenvalue weighted by atomic mass is 19.1. The normalized spacial score (nSPS) is 19.8. The molecule has 5 rings (SSSR count). The number of carbonyl (C=O) groups excluding carboxylic acids is 2. The van der Waals surface area contributed by atoms with E-state index < -0.39 is 29.8 Å². The Morgan fingerprint density at radius 2 is 2.12 bits per heavy atom. The van der Waals surface area contributed by atoms with Crippen molar-refractivity contribution in [3.8, 4) is 6.07 Å². The Bertz CT molecular complexity index is 1140. The Kier molecular flexibility index (Phi) is 5.58. The van der Waals surface area contributed by atoms with Crippen molar-refractivity contribution in [2.45, 2.75) is 50.2 Å². The quantitative estimate of drug-likeness (QED) is 0.516. The number of benzene rings is 1. The molecule has 1 saturated carbocycles. The summed E-state index contributed by atoms with van der Waals surface area (Å²) in [7, 11) is 0.